The van der Waals surface area contributed by atoms with Gasteiger partial charge in [0.15, 0.2) is 23.3 Å². The van der Waals surface area contributed by atoms with Crippen molar-refractivity contribution in [3.05, 3.63) is 57.7 Å². The van der Waals surface area contributed by atoms with Gasteiger partial charge in [-0.25, -0.2) is 9.97 Å². The van der Waals surface area contributed by atoms with E-state index in [-0.39, 0.29) is 11.5 Å². The molecule has 0 spiro atoms. The number of rotatable bonds is 4. The minimum atomic E-state index is -0.396. The van der Waals surface area contributed by atoms with Crippen LogP contribution < -0.4 is 16.2 Å². The fourth-order valence-corrected chi connectivity index (χ4v) is 3.19. The summed E-state index contributed by atoms with van der Waals surface area (Å²) in [5.41, 5.74) is 1.96. The van der Waals surface area contributed by atoms with E-state index in [9.17, 15) is 9.59 Å². The molecule has 28 heavy (non-hydrogen) atoms. The Morgan fingerprint density at radius 3 is 2.89 bits per heavy atom. The van der Waals surface area contributed by atoms with E-state index < -0.39 is 6.04 Å². The summed E-state index contributed by atoms with van der Waals surface area (Å²) in [5.74, 6) is 0.465. The number of carbonyl (C=O) groups excluding carboxylic acids is 1. The molecule has 0 bridgehead atoms. The second-order valence-corrected chi connectivity index (χ2v) is 6.82. The van der Waals surface area contributed by atoms with Crippen molar-refractivity contribution in [3.63, 3.8) is 0 Å². The number of oxazole rings is 1. The summed E-state index contributed by atoms with van der Waals surface area (Å²) in [4.78, 5) is 35.3. The van der Waals surface area contributed by atoms with Gasteiger partial charge in [-0.3, -0.25) is 9.59 Å². The molecule has 9 heteroatoms. The molecule has 3 heterocycles. The molecule has 1 atom stereocenters. The third-order valence-electron chi connectivity index (χ3n) is 4.28. The lowest BCUT2D eigenvalue weighted by atomic mass is 10.1. The van der Waals surface area contributed by atoms with Gasteiger partial charge < -0.3 is 20.0 Å². The maximum atomic E-state index is 12.5. The second kappa shape index (κ2) is 6.97. The highest BCUT2D eigenvalue weighted by atomic mass is 35.5. The summed E-state index contributed by atoms with van der Waals surface area (Å²) < 4.78 is 5.34. The molecule has 0 fully saturated rings. The normalized spacial score (nSPS) is 12.2. The number of aromatic nitrogens is 3. The molecule has 0 saturated heterocycles. The van der Waals surface area contributed by atoms with Gasteiger partial charge in [-0.05, 0) is 31.2 Å². The van der Waals surface area contributed by atoms with Gasteiger partial charge in [0.25, 0.3) is 5.56 Å². The van der Waals surface area contributed by atoms with Crippen LogP contribution in [0.1, 0.15) is 25.5 Å². The number of benzene rings is 1. The molecule has 0 aliphatic heterocycles. The van der Waals surface area contributed by atoms with Crippen molar-refractivity contribution >= 4 is 51.1 Å². The van der Waals surface area contributed by atoms with Crippen molar-refractivity contribution in [2.24, 2.45) is 0 Å². The molecule has 0 aliphatic rings. The van der Waals surface area contributed by atoms with E-state index in [1.807, 2.05) is 6.92 Å². The number of fused-ring (bicyclic) bond motifs is 2. The lowest BCUT2D eigenvalue weighted by Gasteiger charge is -2.16. The van der Waals surface area contributed by atoms with Gasteiger partial charge >= 0.3 is 0 Å². The van der Waals surface area contributed by atoms with Crippen LogP contribution in [0.3, 0.4) is 0 Å². The van der Waals surface area contributed by atoms with Crippen LogP contribution in [0.15, 0.2) is 45.9 Å². The van der Waals surface area contributed by atoms with Gasteiger partial charge in [0.05, 0.1) is 6.04 Å². The van der Waals surface area contributed by atoms with Gasteiger partial charge in [-0.1, -0.05) is 11.6 Å². The zero-order valence-corrected chi connectivity index (χ0v) is 15.8. The summed E-state index contributed by atoms with van der Waals surface area (Å²) in [5, 5.41) is 7.21. The third kappa shape index (κ3) is 3.41. The van der Waals surface area contributed by atoms with E-state index in [0.717, 1.165) is 5.39 Å². The quantitative estimate of drug-likeness (QED) is 0.482. The van der Waals surface area contributed by atoms with E-state index in [1.165, 1.54) is 13.3 Å². The molecule has 3 N–H and O–H groups in total. The average molecular weight is 398 g/mol. The number of nitrogens with one attached hydrogen (secondary N) is 3. The summed E-state index contributed by atoms with van der Waals surface area (Å²) in [6.07, 6.45) is 1.30. The zero-order chi connectivity index (χ0) is 19.8. The molecule has 4 aromatic rings. The minimum absolute atomic E-state index is 0.218. The fraction of sp³-hybridized carbons (Fsp3) is 0.158. The monoisotopic (exact) mass is 397 g/mol. The highest BCUT2D eigenvalue weighted by Crippen LogP contribution is 2.27. The van der Waals surface area contributed by atoms with Crippen LogP contribution in [0.2, 0.25) is 5.02 Å². The number of H-pyrrole nitrogens is 1. The molecule has 0 aliphatic carbocycles. The van der Waals surface area contributed by atoms with E-state index in [4.69, 9.17) is 16.0 Å². The van der Waals surface area contributed by atoms with Gasteiger partial charge in [0.1, 0.15) is 5.82 Å². The molecular weight excluding hydrogens is 382 g/mol. The molecule has 0 unspecified atom stereocenters. The Hall–Kier alpha value is -3.39. The Balaban J connectivity index is 1.74. The van der Waals surface area contributed by atoms with Crippen LogP contribution in [0.4, 0.5) is 11.6 Å². The first-order valence-corrected chi connectivity index (χ1v) is 8.89. The highest BCUT2D eigenvalue weighted by molar-refractivity contribution is 6.31. The lowest BCUT2D eigenvalue weighted by Crippen LogP contribution is -2.20. The van der Waals surface area contributed by atoms with Crippen LogP contribution in [0, 0.1) is 0 Å². The first-order chi connectivity index (χ1) is 13.4. The minimum Gasteiger partial charge on any atom is -0.443 e. The molecule has 0 saturated carbocycles. The van der Waals surface area contributed by atoms with Crippen molar-refractivity contribution in [2.75, 3.05) is 10.6 Å². The van der Waals surface area contributed by atoms with Crippen molar-refractivity contribution in [2.45, 2.75) is 19.9 Å². The summed E-state index contributed by atoms with van der Waals surface area (Å²) in [6.45, 7) is 3.22. The molecule has 1 amide bonds. The summed E-state index contributed by atoms with van der Waals surface area (Å²) in [6, 6.07) is 8.25. The van der Waals surface area contributed by atoms with Gasteiger partial charge in [0.2, 0.25) is 5.91 Å². The number of anilines is 2. The van der Waals surface area contributed by atoms with Crippen molar-refractivity contribution in [3.8, 4) is 0 Å². The molecule has 8 nitrogen and oxygen atoms in total. The first kappa shape index (κ1) is 18.0. The van der Waals surface area contributed by atoms with Crippen LogP contribution in [-0.2, 0) is 4.79 Å². The predicted octanol–water partition coefficient (Wildman–Crippen LogP) is 3.85. The Kier molecular flexibility index (Phi) is 4.48. The van der Waals surface area contributed by atoms with Crippen LogP contribution in [0.5, 0.6) is 0 Å². The summed E-state index contributed by atoms with van der Waals surface area (Å²) >= 11 is 6.06. The molecular formula is C19H16ClN5O3. The van der Waals surface area contributed by atoms with E-state index in [1.54, 1.807) is 30.3 Å². The molecule has 0 radical (unpaired) electrons. The fourth-order valence-electron chi connectivity index (χ4n) is 3.01. The number of amides is 1. The number of pyridine rings is 2. The average Bonchev–Trinajstić information content (AvgIpc) is 3.09. The van der Waals surface area contributed by atoms with Crippen LogP contribution >= 0.6 is 11.6 Å². The van der Waals surface area contributed by atoms with Crippen molar-refractivity contribution < 1.29 is 9.21 Å². The van der Waals surface area contributed by atoms with E-state index in [2.05, 4.69) is 25.6 Å². The second-order valence-electron chi connectivity index (χ2n) is 6.39. The number of carbonyl (C=O) groups is 1. The Morgan fingerprint density at radius 1 is 1.29 bits per heavy atom. The zero-order valence-electron chi connectivity index (χ0n) is 15.0. The van der Waals surface area contributed by atoms with E-state index in [0.29, 0.717) is 38.8 Å². The Morgan fingerprint density at radius 2 is 2.11 bits per heavy atom. The van der Waals surface area contributed by atoms with Gasteiger partial charge in [0, 0.05) is 34.5 Å². The Bertz CT molecular complexity index is 1260. The van der Waals surface area contributed by atoms with Crippen LogP contribution in [0.25, 0.3) is 22.0 Å². The summed E-state index contributed by atoms with van der Waals surface area (Å²) in [7, 11) is 0. The van der Waals surface area contributed by atoms with Gasteiger partial charge in [-0.2, -0.15) is 0 Å². The largest absolute Gasteiger partial charge is 0.443 e. The smallest absolute Gasteiger partial charge is 0.253 e. The predicted molar refractivity (Wildman–Crippen MR) is 108 cm³/mol. The topological polar surface area (TPSA) is 113 Å². The van der Waals surface area contributed by atoms with E-state index >= 15 is 0 Å². The maximum Gasteiger partial charge on any atom is 0.253 e. The Labute approximate surface area is 163 Å². The molecule has 142 valence electrons. The SMILES string of the molecule is CC(=O)Nc1cc2ocnc2c(N[C@@H](C)c2cc3cc(Cl)ccc3[nH]c2=O)n1. The first-order valence-electron chi connectivity index (χ1n) is 8.51. The molecule has 4 rings (SSSR count). The number of hydrogen-bond donors (Lipinski definition) is 3. The number of halogens is 1. The number of hydrogen-bond acceptors (Lipinski definition) is 6. The number of nitrogens with zero attached hydrogens (tertiary/aromatic N) is 2. The standard InChI is InChI=1S/C19H16ClN5O3/c1-9(13-6-11-5-12(20)3-4-14(11)24-19(13)27)22-18-17-15(28-8-21-17)7-16(25-18)23-10(2)26/h3-9H,1-2H3,(H,24,27)(H2,22,23,25,26)/t9-/m0/s1. The molecule has 3 aromatic heterocycles. The van der Waals surface area contributed by atoms with Crippen molar-refractivity contribution in [1.82, 2.24) is 15.0 Å². The third-order valence-corrected chi connectivity index (χ3v) is 4.51. The highest BCUT2D eigenvalue weighted by Gasteiger charge is 2.16. The molecule has 1 aromatic carbocycles. The number of aromatic amines is 1. The van der Waals surface area contributed by atoms with Gasteiger partial charge in [-0.15, -0.1) is 0 Å². The van der Waals surface area contributed by atoms with Crippen LogP contribution in [-0.4, -0.2) is 20.9 Å². The maximum absolute atomic E-state index is 12.5. The van der Waals surface area contributed by atoms with Crippen molar-refractivity contribution in [1.29, 1.82) is 0 Å². The lowest BCUT2D eigenvalue weighted by molar-refractivity contribution is -0.114.